The third kappa shape index (κ3) is 9.79. The van der Waals surface area contributed by atoms with Crippen molar-refractivity contribution in [2.75, 3.05) is 14.2 Å². The number of ether oxygens (including phenoxy) is 2. The Morgan fingerprint density at radius 3 is 1.31 bits per heavy atom. The highest BCUT2D eigenvalue weighted by Crippen LogP contribution is 2.33. The zero-order valence-electron chi connectivity index (χ0n) is 33.0. The normalized spacial score (nSPS) is 11.3. The van der Waals surface area contributed by atoms with Gasteiger partial charge in [0.25, 0.3) is 11.1 Å². The minimum Gasteiger partial charge on any atom is -0.495 e. The summed E-state index contributed by atoms with van der Waals surface area (Å²) in [7, 11) is -4.19. The van der Waals surface area contributed by atoms with Crippen LogP contribution < -0.4 is 20.6 Å². The van der Waals surface area contributed by atoms with Crippen LogP contribution >= 0.6 is 41.8 Å². The number of pyridine rings is 2. The van der Waals surface area contributed by atoms with Crippen molar-refractivity contribution in [2.45, 2.75) is 42.6 Å². The summed E-state index contributed by atoms with van der Waals surface area (Å²) in [6.07, 6.45) is 2.66. The van der Waals surface area contributed by atoms with Gasteiger partial charge in [-0.3, -0.25) is 18.7 Å². The number of sulfone groups is 2. The van der Waals surface area contributed by atoms with Gasteiger partial charge in [-0.25, -0.2) is 16.8 Å². The number of hydrogen-bond acceptors (Lipinski definition) is 12. The maximum absolute atomic E-state index is 12.8. The molecule has 0 amide bonds. The van der Waals surface area contributed by atoms with E-state index in [1.807, 2.05) is 26.0 Å². The molecule has 0 aliphatic heterocycles. The van der Waals surface area contributed by atoms with Crippen LogP contribution in [-0.2, 0) is 31.2 Å². The van der Waals surface area contributed by atoms with Crippen molar-refractivity contribution in [3.05, 3.63) is 162 Å². The molecule has 324 valence electrons. The van der Waals surface area contributed by atoms with Crippen LogP contribution in [0.4, 0.5) is 0 Å². The van der Waals surface area contributed by atoms with Crippen molar-refractivity contribution in [1.82, 2.24) is 19.4 Å². The molecule has 4 aromatic carbocycles. The van der Waals surface area contributed by atoms with Gasteiger partial charge < -0.3 is 18.5 Å². The third-order valence-electron chi connectivity index (χ3n) is 9.51. The van der Waals surface area contributed by atoms with E-state index in [0.717, 1.165) is 20.1 Å². The van der Waals surface area contributed by atoms with E-state index in [-0.39, 0.29) is 49.7 Å². The van der Waals surface area contributed by atoms with Crippen LogP contribution in [0, 0.1) is 13.8 Å². The molecule has 0 bridgehead atoms. The second kappa shape index (κ2) is 19.3. The van der Waals surface area contributed by atoms with Gasteiger partial charge in [-0.2, -0.15) is 9.90 Å². The summed E-state index contributed by atoms with van der Waals surface area (Å²) < 4.78 is 76.2. The summed E-state index contributed by atoms with van der Waals surface area (Å²) in [6, 6.07) is 25.7. The first kappa shape index (κ1) is 47.7. The molecule has 4 heterocycles. The maximum Gasteiger partial charge on any atom is 0.255 e. The van der Waals surface area contributed by atoms with Crippen molar-refractivity contribution in [3.8, 4) is 22.9 Å². The van der Waals surface area contributed by atoms with Gasteiger partial charge in [0.1, 0.15) is 35.5 Å². The first-order valence-corrected chi connectivity index (χ1v) is 22.7. The summed E-state index contributed by atoms with van der Waals surface area (Å²) in [5.74, 6) is 0.498. The third-order valence-corrected chi connectivity index (χ3v) is 14.5. The molecular formula is C43H41Br2N4O10PS2. The average molecular weight is 1030 g/mol. The first-order valence-electron chi connectivity index (χ1n) is 17.8. The van der Waals surface area contributed by atoms with E-state index in [4.69, 9.17) is 18.5 Å². The second-order valence-corrected chi connectivity index (χ2v) is 19.2. The zero-order valence-corrected chi connectivity index (χ0v) is 39.2. The molecule has 8 rings (SSSR count). The molecule has 14 nitrogen and oxygen atoms in total. The van der Waals surface area contributed by atoms with Crippen LogP contribution in [0.2, 0.25) is 0 Å². The van der Waals surface area contributed by atoms with Crippen molar-refractivity contribution in [2.24, 2.45) is 0 Å². The van der Waals surface area contributed by atoms with Gasteiger partial charge >= 0.3 is 0 Å². The lowest BCUT2D eigenvalue weighted by molar-refractivity contribution is 0.412. The van der Waals surface area contributed by atoms with Gasteiger partial charge in [0.05, 0.1) is 57.8 Å². The molecule has 4 aromatic heterocycles. The summed E-state index contributed by atoms with van der Waals surface area (Å²) in [5, 5.41) is 8.56. The summed E-state index contributed by atoms with van der Waals surface area (Å²) in [4.78, 5) is 25.8. The summed E-state index contributed by atoms with van der Waals surface area (Å²) in [5.41, 5.74) is 4.32. The van der Waals surface area contributed by atoms with Crippen molar-refractivity contribution in [1.29, 1.82) is 0 Å². The van der Waals surface area contributed by atoms with Gasteiger partial charge in [0, 0.05) is 44.0 Å². The fraction of sp³-hybridized carbons (Fsp3) is 0.163. The van der Waals surface area contributed by atoms with Gasteiger partial charge in [-0.05, 0) is 97.8 Å². The smallest absolute Gasteiger partial charge is 0.255 e. The van der Waals surface area contributed by atoms with E-state index >= 15 is 0 Å². The topological polar surface area (TPSA) is 183 Å². The molecule has 1 unspecified atom stereocenters. The van der Waals surface area contributed by atoms with Crippen molar-refractivity contribution < 1.29 is 35.4 Å². The molecule has 0 saturated carbocycles. The van der Waals surface area contributed by atoms with Crippen LogP contribution in [0.3, 0.4) is 0 Å². The van der Waals surface area contributed by atoms with E-state index < -0.39 is 19.7 Å². The predicted molar refractivity (Wildman–Crippen MR) is 250 cm³/mol. The Labute approximate surface area is 377 Å². The minimum atomic E-state index is -3.63. The van der Waals surface area contributed by atoms with E-state index in [1.54, 1.807) is 48.5 Å². The van der Waals surface area contributed by atoms with Crippen LogP contribution in [-0.4, -0.2) is 50.5 Å². The van der Waals surface area contributed by atoms with Gasteiger partial charge in [0.15, 0.2) is 19.7 Å². The Hall–Kier alpha value is -5.39. The Morgan fingerprint density at radius 1 is 0.581 bits per heavy atom. The number of methoxy groups -OCH3 is 2. The molecule has 19 heteroatoms. The van der Waals surface area contributed by atoms with Crippen molar-refractivity contribution in [3.63, 3.8) is 0 Å². The molecule has 0 spiro atoms. The second-order valence-electron chi connectivity index (χ2n) is 13.5. The van der Waals surface area contributed by atoms with Gasteiger partial charge in [-0.1, -0.05) is 49.6 Å². The van der Waals surface area contributed by atoms with Crippen LogP contribution in [0.1, 0.15) is 29.9 Å². The molecule has 1 atom stereocenters. The highest BCUT2D eigenvalue weighted by atomic mass is 79.9. The van der Waals surface area contributed by atoms with Gasteiger partial charge in [-0.15, -0.1) is 0 Å². The number of aromatic nitrogens is 4. The number of fused-ring (bicyclic) bond motifs is 2. The maximum atomic E-state index is 12.8. The number of nitrogens with zero attached hydrogens (tertiary/aromatic N) is 4. The molecule has 0 radical (unpaired) electrons. The summed E-state index contributed by atoms with van der Waals surface area (Å²) >= 11 is 6.94. The quantitative estimate of drug-likeness (QED) is 0.119. The average Bonchev–Trinajstić information content (AvgIpc) is 3.94. The monoisotopic (exact) mass is 1030 g/mol. The van der Waals surface area contributed by atoms with Crippen LogP contribution in [0.15, 0.2) is 147 Å². The van der Waals surface area contributed by atoms with Gasteiger partial charge in [0.2, 0.25) is 0 Å². The molecule has 62 heavy (non-hydrogen) atoms. The van der Waals surface area contributed by atoms with E-state index in [1.165, 1.54) is 72.3 Å². The Bertz CT molecular complexity index is 3050. The van der Waals surface area contributed by atoms with E-state index in [0.29, 0.717) is 56.1 Å². The Kier molecular flexibility index (Phi) is 14.9. The van der Waals surface area contributed by atoms with Crippen LogP contribution in [0.5, 0.6) is 11.5 Å². The Balaban J connectivity index is 0.000000227. The lowest BCUT2D eigenvalue weighted by atomic mass is 10.1. The summed E-state index contributed by atoms with van der Waals surface area (Å²) in [6.45, 7) is 3.83. The van der Waals surface area contributed by atoms with E-state index in [9.17, 15) is 26.4 Å². The standard InChI is InChI=1S/2C21H17BrN2O5S.CH4.H3P/c2*1-13-9-19(20(28-2)11-17(13)22)24-18-5-4-16(10-14(18)3-6-21(24)25)30(26,27)12-15-7-8-29-23-15;;/h2*3-11H,12H2,1-2H3;1H4;1H3. The number of rotatable bonds is 10. The number of benzene rings is 4. The SMILES string of the molecule is C.COc1cc(Br)c(C)cc1-n1c(=O)ccc2cc(S(=O)(=O)Cc3ccon3)ccc21.COc1cc(Br)c(C)cc1-n1c(=O)ccc2cc(S(=O)(=O)Cc3ccon3)ccc21.P. The molecular weight excluding hydrogens is 987 g/mol. The molecule has 0 aliphatic carbocycles. The zero-order chi connectivity index (χ0) is 42.9. The minimum absolute atomic E-state index is 0. The molecule has 0 N–H and O–H groups in total. The van der Waals surface area contributed by atoms with E-state index in [2.05, 4.69) is 42.2 Å². The first-order chi connectivity index (χ1) is 28.6. The number of halogens is 2. The lowest BCUT2D eigenvalue weighted by Crippen LogP contribution is -2.18. The Morgan fingerprint density at radius 2 is 0.968 bits per heavy atom. The fourth-order valence-electron chi connectivity index (χ4n) is 6.48. The predicted octanol–water partition coefficient (Wildman–Crippen LogP) is 8.76. The lowest BCUT2D eigenvalue weighted by Gasteiger charge is -2.16. The molecule has 0 fully saturated rings. The molecule has 0 aliphatic rings. The molecule has 0 saturated heterocycles. The number of hydrogen-bond donors (Lipinski definition) is 0. The highest BCUT2D eigenvalue weighted by Gasteiger charge is 2.21. The molecule has 8 aromatic rings. The fourth-order valence-corrected chi connectivity index (χ4v) is 9.70. The number of aryl methyl sites for hydroxylation is 2. The van der Waals surface area contributed by atoms with Crippen molar-refractivity contribution >= 4 is 83.2 Å². The van der Waals surface area contributed by atoms with Crippen LogP contribution in [0.25, 0.3) is 33.2 Å². The highest BCUT2D eigenvalue weighted by molar-refractivity contribution is 9.10. The largest absolute Gasteiger partial charge is 0.495 e.